The van der Waals surface area contributed by atoms with Gasteiger partial charge in [0.05, 0.1) is 11.9 Å². The lowest BCUT2D eigenvalue weighted by molar-refractivity contribution is 0.508. The monoisotopic (exact) mass is 255 g/mol. The van der Waals surface area contributed by atoms with Crippen LogP contribution in [-0.4, -0.2) is 16.5 Å². The Labute approximate surface area is 111 Å². The van der Waals surface area contributed by atoms with Crippen LogP contribution in [0.1, 0.15) is 19.7 Å². The van der Waals surface area contributed by atoms with E-state index in [-0.39, 0.29) is 5.41 Å². The summed E-state index contributed by atoms with van der Waals surface area (Å²) in [6.07, 6.45) is 3.60. The number of nitrogens with one attached hydrogen (secondary N) is 1. The highest BCUT2D eigenvalue weighted by Gasteiger charge is 2.22. The summed E-state index contributed by atoms with van der Waals surface area (Å²) in [5.41, 5.74) is 8.49. The number of nitrogens with two attached hydrogens (primary N) is 1. The molecule has 1 aromatic carbocycles. The van der Waals surface area contributed by atoms with E-state index in [0.29, 0.717) is 6.54 Å². The third-order valence-electron chi connectivity index (χ3n) is 3.50. The standard InChI is InChI=1S/C15H17N3O/c1-15(2,9-16)14-17-7-12(18-14)11-8-19-13-6-4-3-5-10(11)13/h3-8H,9,16H2,1-2H3,(H,17,18). The number of aromatic amines is 1. The predicted molar refractivity (Wildman–Crippen MR) is 75.9 cm³/mol. The first-order valence-electron chi connectivity index (χ1n) is 6.34. The second-order valence-electron chi connectivity index (χ2n) is 5.38. The fraction of sp³-hybridized carbons (Fsp3) is 0.267. The van der Waals surface area contributed by atoms with Gasteiger partial charge in [-0.1, -0.05) is 32.0 Å². The zero-order valence-corrected chi connectivity index (χ0v) is 11.1. The van der Waals surface area contributed by atoms with Crippen molar-refractivity contribution in [1.29, 1.82) is 0 Å². The Morgan fingerprint density at radius 1 is 1.32 bits per heavy atom. The van der Waals surface area contributed by atoms with E-state index in [1.807, 2.05) is 30.5 Å². The smallest absolute Gasteiger partial charge is 0.134 e. The molecule has 19 heavy (non-hydrogen) atoms. The van der Waals surface area contributed by atoms with Crippen LogP contribution >= 0.6 is 0 Å². The van der Waals surface area contributed by atoms with Crippen molar-refractivity contribution in [1.82, 2.24) is 9.97 Å². The van der Waals surface area contributed by atoms with E-state index in [4.69, 9.17) is 10.2 Å². The van der Waals surface area contributed by atoms with E-state index in [9.17, 15) is 0 Å². The van der Waals surface area contributed by atoms with Crippen molar-refractivity contribution < 1.29 is 4.42 Å². The molecule has 0 amide bonds. The van der Waals surface area contributed by atoms with E-state index in [0.717, 1.165) is 28.1 Å². The summed E-state index contributed by atoms with van der Waals surface area (Å²) >= 11 is 0. The van der Waals surface area contributed by atoms with Crippen LogP contribution < -0.4 is 5.73 Å². The average Bonchev–Trinajstić information content (AvgIpc) is 3.05. The molecule has 0 spiro atoms. The molecule has 98 valence electrons. The van der Waals surface area contributed by atoms with Crippen molar-refractivity contribution >= 4 is 11.0 Å². The normalized spacial score (nSPS) is 12.2. The minimum Gasteiger partial charge on any atom is -0.464 e. The molecular formula is C15H17N3O. The van der Waals surface area contributed by atoms with Gasteiger partial charge in [0.15, 0.2) is 0 Å². The highest BCUT2D eigenvalue weighted by molar-refractivity contribution is 5.92. The van der Waals surface area contributed by atoms with E-state index >= 15 is 0 Å². The number of H-pyrrole nitrogens is 1. The lowest BCUT2D eigenvalue weighted by Crippen LogP contribution is -2.29. The van der Waals surface area contributed by atoms with Gasteiger partial charge < -0.3 is 15.1 Å². The minimum absolute atomic E-state index is 0.155. The summed E-state index contributed by atoms with van der Waals surface area (Å²) < 4.78 is 5.55. The summed E-state index contributed by atoms with van der Waals surface area (Å²) in [7, 11) is 0. The average molecular weight is 255 g/mol. The van der Waals surface area contributed by atoms with Crippen molar-refractivity contribution in [3.8, 4) is 11.3 Å². The molecule has 4 nitrogen and oxygen atoms in total. The van der Waals surface area contributed by atoms with Gasteiger partial charge in [-0.3, -0.25) is 0 Å². The number of benzene rings is 1. The molecule has 3 aromatic rings. The van der Waals surface area contributed by atoms with Gasteiger partial charge in [0.2, 0.25) is 0 Å². The van der Waals surface area contributed by atoms with Crippen LogP contribution in [0.25, 0.3) is 22.2 Å². The second-order valence-corrected chi connectivity index (χ2v) is 5.38. The number of nitrogens with zero attached hydrogens (tertiary/aromatic N) is 1. The lowest BCUT2D eigenvalue weighted by atomic mass is 9.93. The maximum atomic E-state index is 5.78. The summed E-state index contributed by atoms with van der Waals surface area (Å²) in [4.78, 5) is 7.79. The Hall–Kier alpha value is -2.07. The molecule has 0 radical (unpaired) electrons. The largest absolute Gasteiger partial charge is 0.464 e. The Kier molecular flexibility index (Phi) is 2.68. The van der Waals surface area contributed by atoms with Gasteiger partial charge >= 0.3 is 0 Å². The molecule has 4 heteroatoms. The number of imidazole rings is 1. The van der Waals surface area contributed by atoms with Crippen LogP contribution in [-0.2, 0) is 5.41 Å². The first kappa shape index (κ1) is 12.0. The molecule has 0 aliphatic heterocycles. The number of furan rings is 1. The number of hydrogen-bond donors (Lipinski definition) is 2. The molecule has 0 saturated carbocycles. The van der Waals surface area contributed by atoms with Crippen LogP contribution in [0.3, 0.4) is 0 Å². The van der Waals surface area contributed by atoms with Gasteiger partial charge in [-0.05, 0) is 6.07 Å². The number of hydrogen-bond acceptors (Lipinski definition) is 3. The molecule has 0 aliphatic rings. The zero-order chi connectivity index (χ0) is 13.5. The fourth-order valence-corrected chi connectivity index (χ4v) is 2.09. The molecule has 0 saturated heterocycles. The van der Waals surface area contributed by atoms with Crippen molar-refractivity contribution in [3.05, 3.63) is 42.5 Å². The highest BCUT2D eigenvalue weighted by Crippen LogP contribution is 2.30. The molecule has 0 unspecified atom stereocenters. The molecule has 2 aromatic heterocycles. The van der Waals surface area contributed by atoms with E-state index in [1.54, 1.807) is 6.26 Å². The van der Waals surface area contributed by atoms with Crippen LogP contribution in [0.5, 0.6) is 0 Å². The maximum absolute atomic E-state index is 5.78. The first-order chi connectivity index (χ1) is 9.12. The summed E-state index contributed by atoms with van der Waals surface area (Å²) in [5.74, 6) is 0.898. The van der Waals surface area contributed by atoms with Crippen LogP contribution in [0.15, 0.2) is 41.1 Å². The van der Waals surface area contributed by atoms with E-state index < -0.39 is 0 Å². The van der Waals surface area contributed by atoms with Gasteiger partial charge in [0.25, 0.3) is 0 Å². The zero-order valence-electron chi connectivity index (χ0n) is 11.1. The third kappa shape index (κ3) is 1.94. The van der Waals surface area contributed by atoms with Crippen molar-refractivity contribution in [2.24, 2.45) is 5.73 Å². The SMILES string of the molecule is CC(C)(CN)c1ncc(-c2coc3ccccc23)[nH]1. The number of rotatable bonds is 3. The Balaban J connectivity index is 2.08. The first-order valence-corrected chi connectivity index (χ1v) is 6.34. The number of para-hydroxylation sites is 1. The van der Waals surface area contributed by atoms with Crippen LogP contribution in [0.2, 0.25) is 0 Å². The topological polar surface area (TPSA) is 67.8 Å². The fourth-order valence-electron chi connectivity index (χ4n) is 2.09. The Morgan fingerprint density at radius 3 is 2.89 bits per heavy atom. The Morgan fingerprint density at radius 2 is 2.11 bits per heavy atom. The van der Waals surface area contributed by atoms with Crippen molar-refractivity contribution in [2.75, 3.05) is 6.54 Å². The molecular weight excluding hydrogens is 238 g/mol. The molecule has 0 fully saturated rings. The van der Waals surface area contributed by atoms with Crippen molar-refractivity contribution in [2.45, 2.75) is 19.3 Å². The predicted octanol–water partition coefficient (Wildman–Crippen LogP) is 3.06. The lowest BCUT2D eigenvalue weighted by Gasteiger charge is -2.18. The van der Waals surface area contributed by atoms with Gasteiger partial charge in [-0.25, -0.2) is 4.98 Å². The summed E-state index contributed by atoms with van der Waals surface area (Å²) in [6, 6.07) is 7.97. The molecule has 3 N–H and O–H groups in total. The van der Waals surface area contributed by atoms with Gasteiger partial charge in [0.1, 0.15) is 17.7 Å². The van der Waals surface area contributed by atoms with Gasteiger partial charge in [0, 0.05) is 22.9 Å². The van der Waals surface area contributed by atoms with Crippen LogP contribution in [0, 0.1) is 0 Å². The molecule has 0 aliphatic carbocycles. The Bertz CT molecular complexity index is 709. The van der Waals surface area contributed by atoms with Gasteiger partial charge in [-0.15, -0.1) is 0 Å². The van der Waals surface area contributed by atoms with Crippen LogP contribution in [0.4, 0.5) is 0 Å². The van der Waals surface area contributed by atoms with Crippen molar-refractivity contribution in [3.63, 3.8) is 0 Å². The molecule has 2 heterocycles. The second kappa shape index (κ2) is 4.24. The third-order valence-corrected chi connectivity index (χ3v) is 3.50. The minimum atomic E-state index is -0.155. The summed E-state index contributed by atoms with van der Waals surface area (Å²) in [6.45, 7) is 4.69. The number of fused-ring (bicyclic) bond motifs is 1. The molecule has 0 atom stereocenters. The summed E-state index contributed by atoms with van der Waals surface area (Å²) in [5, 5.41) is 1.09. The molecule has 3 rings (SSSR count). The maximum Gasteiger partial charge on any atom is 0.134 e. The number of aromatic nitrogens is 2. The van der Waals surface area contributed by atoms with E-state index in [1.165, 1.54) is 0 Å². The quantitative estimate of drug-likeness (QED) is 0.755. The van der Waals surface area contributed by atoms with E-state index in [2.05, 4.69) is 23.8 Å². The highest BCUT2D eigenvalue weighted by atomic mass is 16.3. The molecule has 0 bridgehead atoms. The van der Waals surface area contributed by atoms with Gasteiger partial charge in [-0.2, -0.15) is 0 Å².